The van der Waals surface area contributed by atoms with Gasteiger partial charge in [-0.25, -0.2) is 0 Å². The van der Waals surface area contributed by atoms with E-state index in [4.69, 9.17) is 4.74 Å². The Labute approximate surface area is 104 Å². The lowest BCUT2D eigenvalue weighted by atomic mass is 9.88. The summed E-state index contributed by atoms with van der Waals surface area (Å²) in [5.41, 5.74) is 0. The molecular weight excluding hydrogens is 268 g/mol. The molecule has 86 valence electrons. The minimum absolute atomic E-state index is 0.252. The van der Waals surface area contributed by atoms with Gasteiger partial charge in [0.2, 0.25) is 0 Å². The van der Waals surface area contributed by atoms with Crippen molar-refractivity contribution < 1.29 is 9.53 Å². The predicted molar refractivity (Wildman–Crippen MR) is 66.6 cm³/mol. The van der Waals surface area contributed by atoms with Crippen molar-refractivity contribution >= 4 is 22.2 Å². The SMILES string of the molecule is O=CC1CCC(Oc2cccc(Br)c2)CC1. The fraction of sp³-hybridized carbons (Fsp3) is 0.462. The van der Waals surface area contributed by atoms with E-state index in [1.807, 2.05) is 24.3 Å². The van der Waals surface area contributed by atoms with E-state index in [9.17, 15) is 4.79 Å². The maximum absolute atomic E-state index is 10.6. The van der Waals surface area contributed by atoms with Crippen molar-refractivity contribution in [1.29, 1.82) is 0 Å². The Bertz CT molecular complexity index is 357. The number of halogens is 1. The summed E-state index contributed by atoms with van der Waals surface area (Å²) < 4.78 is 6.92. The molecule has 1 fully saturated rings. The molecule has 1 aliphatic carbocycles. The molecule has 0 amide bonds. The van der Waals surface area contributed by atoms with E-state index in [1.54, 1.807) is 0 Å². The molecule has 1 aromatic carbocycles. The van der Waals surface area contributed by atoms with Crippen LogP contribution in [-0.2, 0) is 4.79 Å². The maximum Gasteiger partial charge on any atom is 0.123 e. The molecule has 0 saturated heterocycles. The van der Waals surface area contributed by atoms with E-state index in [2.05, 4.69) is 15.9 Å². The third-order valence-corrected chi connectivity index (χ3v) is 3.50. The lowest BCUT2D eigenvalue weighted by Crippen LogP contribution is -2.24. The standard InChI is InChI=1S/C13H15BrO2/c14-11-2-1-3-13(8-11)16-12-6-4-10(9-15)5-7-12/h1-3,8-10,12H,4-7H2. The molecule has 0 aliphatic heterocycles. The lowest BCUT2D eigenvalue weighted by molar-refractivity contribution is -0.112. The highest BCUT2D eigenvalue weighted by atomic mass is 79.9. The molecule has 0 N–H and O–H groups in total. The fourth-order valence-corrected chi connectivity index (χ4v) is 2.45. The highest BCUT2D eigenvalue weighted by Gasteiger charge is 2.21. The topological polar surface area (TPSA) is 26.3 Å². The number of hydrogen-bond donors (Lipinski definition) is 0. The average Bonchev–Trinajstić information content (AvgIpc) is 2.30. The minimum Gasteiger partial charge on any atom is -0.490 e. The summed E-state index contributed by atoms with van der Waals surface area (Å²) in [4.78, 5) is 10.6. The quantitative estimate of drug-likeness (QED) is 0.792. The van der Waals surface area contributed by atoms with Gasteiger partial charge in [0.05, 0.1) is 6.10 Å². The van der Waals surface area contributed by atoms with Crippen LogP contribution in [0.3, 0.4) is 0 Å². The number of carbonyl (C=O) groups excluding carboxylic acids is 1. The molecule has 0 heterocycles. The number of aldehydes is 1. The number of carbonyl (C=O) groups is 1. The van der Waals surface area contributed by atoms with Crippen LogP contribution in [0.5, 0.6) is 5.75 Å². The molecule has 0 bridgehead atoms. The highest BCUT2D eigenvalue weighted by molar-refractivity contribution is 9.10. The first-order valence-corrected chi connectivity index (χ1v) is 6.45. The molecule has 0 atom stereocenters. The number of rotatable bonds is 3. The van der Waals surface area contributed by atoms with Crippen LogP contribution in [0, 0.1) is 5.92 Å². The third-order valence-electron chi connectivity index (χ3n) is 3.01. The van der Waals surface area contributed by atoms with Gasteiger partial charge < -0.3 is 9.53 Å². The Balaban J connectivity index is 1.89. The van der Waals surface area contributed by atoms with Gasteiger partial charge in [0.1, 0.15) is 12.0 Å². The van der Waals surface area contributed by atoms with Gasteiger partial charge in [-0.2, -0.15) is 0 Å². The van der Waals surface area contributed by atoms with Crippen LogP contribution in [0.2, 0.25) is 0 Å². The van der Waals surface area contributed by atoms with Crippen LogP contribution in [0.4, 0.5) is 0 Å². The molecule has 0 spiro atoms. The van der Waals surface area contributed by atoms with Crippen molar-refractivity contribution in [3.05, 3.63) is 28.7 Å². The summed E-state index contributed by atoms with van der Waals surface area (Å²) in [6.45, 7) is 0. The molecule has 1 saturated carbocycles. The summed E-state index contributed by atoms with van der Waals surface area (Å²) in [7, 11) is 0. The van der Waals surface area contributed by atoms with Gasteiger partial charge in [0.15, 0.2) is 0 Å². The van der Waals surface area contributed by atoms with Crippen molar-refractivity contribution in [3.8, 4) is 5.75 Å². The molecule has 0 aromatic heterocycles. The Kier molecular flexibility index (Phi) is 3.99. The molecular formula is C13H15BrO2. The van der Waals surface area contributed by atoms with Crippen LogP contribution in [0.25, 0.3) is 0 Å². The van der Waals surface area contributed by atoms with Crippen molar-refractivity contribution in [2.75, 3.05) is 0 Å². The molecule has 1 aliphatic rings. The first-order chi connectivity index (χ1) is 7.78. The number of hydrogen-bond acceptors (Lipinski definition) is 2. The molecule has 3 heteroatoms. The second-order valence-electron chi connectivity index (χ2n) is 4.25. The third kappa shape index (κ3) is 3.08. The smallest absolute Gasteiger partial charge is 0.123 e. The summed E-state index contributed by atoms with van der Waals surface area (Å²) in [5.74, 6) is 1.16. The average molecular weight is 283 g/mol. The Morgan fingerprint density at radius 2 is 2.00 bits per heavy atom. The monoisotopic (exact) mass is 282 g/mol. The van der Waals surface area contributed by atoms with Gasteiger partial charge in [-0.3, -0.25) is 0 Å². The van der Waals surface area contributed by atoms with Gasteiger partial charge in [-0.15, -0.1) is 0 Å². The van der Waals surface area contributed by atoms with Crippen LogP contribution < -0.4 is 4.74 Å². The Morgan fingerprint density at radius 1 is 1.25 bits per heavy atom. The second kappa shape index (κ2) is 5.48. The highest BCUT2D eigenvalue weighted by Crippen LogP contribution is 2.27. The predicted octanol–water partition coefficient (Wildman–Crippen LogP) is 3.59. The molecule has 0 radical (unpaired) electrons. The largest absolute Gasteiger partial charge is 0.490 e. The number of ether oxygens (including phenoxy) is 1. The van der Waals surface area contributed by atoms with E-state index in [1.165, 1.54) is 0 Å². The molecule has 0 unspecified atom stereocenters. The summed E-state index contributed by atoms with van der Waals surface area (Å²) >= 11 is 3.42. The Morgan fingerprint density at radius 3 is 2.62 bits per heavy atom. The van der Waals surface area contributed by atoms with Crippen LogP contribution in [0.1, 0.15) is 25.7 Å². The van der Waals surface area contributed by atoms with E-state index in [0.29, 0.717) is 0 Å². The zero-order valence-corrected chi connectivity index (χ0v) is 10.7. The van der Waals surface area contributed by atoms with E-state index >= 15 is 0 Å². The van der Waals surface area contributed by atoms with Crippen LogP contribution in [0.15, 0.2) is 28.7 Å². The molecule has 1 aromatic rings. The summed E-state index contributed by atoms with van der Waals surface area (Å²) in [6, 6.07) is 7.90. The van der Waals surface area contributed by atoms with E-state index < -0.39 is 0 Å². The first kappa shape index (κ1) is 11.6. The van der Waals surface area contributed by atoms with Gasteiger partial charge in [0, 0.05) is 10.4 Å². The van der Waals surface area contributed by atoms with Crippen molar-refractivity contribution in [1.82, 2.24) is 0 Å². The zero-order chi connectivity index (χ0) is 11.4. The fourth-order valence-electron chi connectivity index (χ4n) is 2.08. The van der Waals surface area contributed by atoms with Gasteiger partial charge >= 0.3 is 0 Å². The van der Waals surface area contributed by atoms with Crippen molar-refractivity contribution in [3.63, 3.8) is 0 Å². The van der Waals surface area contributed by atoms with Gasteiger partial charge in [0.25, 0.3) is 0 Å². The minimum atomic E-state index is 0.252. The summed E-state index contributed by atoms with van der Waals surface area (Å²) in [5, 5.41) is 0. The van der Waals surface area contributed by atoms with Crippen LogP contribution in [-0.4, -0.2) is 12.4 Å². The Hall–Kier alpha value is -0.830. The molecule has 2 rings (SSSR count). The van der Waals surface area contributed by atoms with Crippen molar-refractivity contribution in [2.24, 2.45) is 5.92 Å². The summed E-state index contributed by atoms with van der Waals surface area (Å²) in [6.07, 6.45) is 5.23. The van der Waals surface area contributed by atoms with Gasteiger partial charge in [-0.1, -0.05) is 22.0 Å². The van der Waals surface area contributed by atoms with Gasteiger partial charge in [-0.05, 0) is 43.9 Å². The van der Waals surface area contributed by atoms with Crippen LogP contribution >= 0.6 is 15.9 Å². The molecule has 16 heavy (non-hydrogen) atoms. The normalized spacial score (nSPS) is 25.1. The van der Waals surface area contributed by atoms with E-state index in [-0.39, 0.29) is 12.0 Å². The molecule has 2 nitrogen and oxygen atoms in total. The zero-order valence-electron chi connectivity index (χ0n) is 9.06. The lowest BCUT2D eigenvalue weighted by Gasteiger charge is -2.26. The van der Waals surface area contributed by atoms with E-state index in [0.717, 1.165) is 42.2 Å². The van der Waals surface area contributed by atoms with Crippen molar-refractivity contribution in [2.45, 2.75) is 31.8 Å². The number of benzene rings is 1. The second-order valence-corrected chi connectivity index (χ2v) is 5.16. The maximum atomic E-state index is 10.6. The first-order valence-electron chi connectivity index (χ1n) is 5.65.